The van der Waals surface area contributed by atoms with Crippen LogP contribution in [0.3, 0.4) is 0 Å². The molecule has 1 fully saturated rings. The number of carbonyl (C=O) groups is 1. The predicted octanol–water partition coefficient (Wildman–Crippen LogP) is 2.50. The number of carbonyl (C=O) groups excluding carboxylic acids is 1. The van der Waals surface area contributed by atoms with Crippen LogP contribution in [-0.4, -0.2) is 45.7 Å². The van der Waals surface area contributed by atoms with Crippen molar-refractivity contribution in [1.82, 2.24) is 25.5 Å². The van der Waals surface area contributed by atoms with Crippen molar-refractivity contribution in [3.8, 4) is 5.69 Å². The highest BCUT2D eigenvalue weighted by Gasteiger charge is 2.23. The molecule has 1 atom stereocenters. The van der Waals surface area contributed by atoms with Gasteiger partial charge in [-0.1, -0.05) is 23.7 Å². The molecule has 1 amide bonds. The fraction of sp³-hybridized carbons (Fsp3) is 0.300. The normalized spacial score (nSPS) is 16.3. The first-order chi connectivity index (χ1) is 13.7. The molecule has 28 heavy (non-hydrogen) atoms. The summed E-state index contributed by atoms with van der Waals surface area (Å²) >= 11 is 5.96. The van der Waals surface area contributed by atoms with E-state index in [2.05, 4.69) is 25.7 Å². The van der Waals surface area contributed by atoms with Gasteiger partial charge in [0, 0.05) is 30.3 Å². The fourth-order valence-corrected chi connectivity index (χ4v) is 3.56. The van der Waals surface area contributed by atoms with E-state index in [0.717, 1.165) is 35.8 Å². The summed E-state index contributed by atoms with van der Waals surface area (Å²) in [6.45, 7) is 2.65. The molecule has 1 N–H and O–H groups in total. The zero-order valence-corrected chi connectivity index (χ0v) is 16.1. The second-order valence-corrected chi connectivity index (χ2v) is 7.42. The van der Waals surface area contributed by atoms with Gasteiger partial charge in [-0.15, -0.1) is 5.10 Å². The van der Waals surface area contributed by atoms with Crippen molar-refractivity contribution in [3.63, 3.8) is 0 Å². The van der Waals surface area contributed by atoms with Crippen LogP contribution in [0.4, 0.5) is 5.69 Å². The summed E-state index contributed by atoms with van der Waals surface area (Å²) in [5, 5.41) is 14.9. The molecular formula is C20H21ClN6O. The topological polar surface area (TPSA) is 75.9 Å². The quantitative estimate of drug-likeness (QED) is 0.692. The van der Waals surface area contributed by atoms with Gasteiger partial charge in [0.25, 0.3) is 0 Å². The molecule has 1 saturated heterocycles. The minimum atomic E-state index is 0.0418. The maximum Gasteiger partial charge on any atom is 0.224 e. The largest absolute Gasteiger partial charge is 0.371 e. The molecule has 0 aliphatic carbocycles. The Hall–Kier alpha value is -2.93. The van der Waals surface area contributed by atoms with E-state index in [1.54, 1.807) is 4.68 Å². The number of aromatic nitrogens is 4. The third-order valence-electron chi connectivity index (χ3n) is 4.98. The first-order valence-electron chi connectivity index (χ1n) is 9.27. The van der Waals surface area contributed by atoms with Gasteiger partial charge in [-0.25, -0.2) is 4.68 Å². The number of rotatable bonds is 6. The van der Waals surface area contributed by atoms with Gasteiger partial charge < -0.3 is 10.2 Å². The third kappa shape index (κ3) is 4.48. The highest BCUT2D eigenvalue weighted by Crippen LogP contribution is 2.24. The predicted molar refractivity (Wildman–Crippen MR) is 108 cm³/mol. The molecule has 2 heterocycles. The lowest BCUT2D eigenvalue weighted by Gasteiger charge is -2.19. The minimum absolute atomic E-state index is 0.0418. The van der Waals surface area contributed by atoms with Crippen molar-refractivity contribution >= 4 is 23.2 Å². The van der Waals surface area contributed by atoms with Crippen LogP contribution in [-0.2, 0) is 11.2 Å². The van der Waals surface area contributed by atoms with Crippen molar-refractivity contribution in [2.45, 2.75) is 12.8 Å². The second kappa shape index (κ2) is 8.39. The van der Waals surface area contributed by atoms with Crippen LogP contribution in [0.25, 0.3) is 5.69 Å². The number of anilines is 1. The number of nitrogens with zero attached hydrogens (tertiary/aromatic N) is 5. The number of hydrogen-bond acceptors (Lipinski definition) is 5. The van der Waals surface area contributed by atoms with E-state index in [-0.39, 0.29) is 5.91 Å². The Morgan fingerprint density at radius 3 is 2.57 bits per heavy atom. The highest BCUT2D eigenvalue weighted by atomic mass is 35.5. The van der Waals surface area contributed by atoms with Gasteiger partial charge in [0.15, 0.2) is 0 Å². The lowest BCUT2D eigenvalue weighted by Crippen LogP contribution is -2.32. The Labute approximate surface area is 168 Å². The van der Waals surface area contributed by atoms with Crippen LogP contribution in [0.1, 0.15) is 12.0 Å². The van der Waals surface area contributed by atoms with Gasteiger partial charge in [0.1, 0.15) is 6.33 Å². The van der Waals surface area contributed by atoms with Crippen LogP contribution >= 0.6 is 11.6 Å². The first-order valence-corrected chi connectivity index (χ1v) is 9.65. The monoisotopic (exact) mass is 396 g/mol. The van der Waals surface area contributed by atoms with Crippen LogP contribution in [0.5, 0.6) is 0 Å². The Morgan fingerprint density at radius 1 is 1.11 bits per heavy atom. The zero-order valence-electron chi connectivity index (χ0n) is 15.3. The van der Waals surface area contributed by atoms with Crippen LogP contribution in [0.2, 0.25) is 5.02 Å². The molecule has 7 nitrogen and oxygen atoms in total. The van der Waals surface area contributed by atoms with E-state index < -0.39 is 0 Å². The SMILES string of the molecule is O=C(Cc1ccc(-n2cnnn2)cc1)NCC1CCN(c2ccc(Cl)cc2)C1. The molecule has 1 aliphatic rings. The smallest absolute Gasteiger partial charge is 0.224 e. The number of nitrogens with one attached hydrogen (secondary N) is 1. The van der Waals surface area contributed by atoms with Gasteiger partial charge in [-0.3, -0.25) is 4.79 Å². The van der Waals surface area contributed by atoms with Crippen LogP contribution < -0.4 is 10.2 Å². The fourth-order valence-electron chi connectivity index (χ4n) is 3.44. The molecule has 0 saturated carbocycles. The maximum absolute atomic E-state index is 12.3. The van der Waals surface area contributed by atoms with Crippen LogP contribution in [0.15, 0.2) is 54.9 Å². The molecule has 0 spiro atoms. The number of hydrogen-bond donors (Lipinski definition) is 1. The molecule has 4 rings (SSSR count). The van der Waals surface area contributed by atoms with Gasteiger partial charge in [-0.2, -0.15) is 0 Å². The summed E-state index contributed by atoms with van der Waals surface area (Å²) < 4.78 is 1.58. The average molecular weight is 397 g/mol. The summed E-state index contributed by atoms with van der Waals surface area (Å²) in [6.07, 6.45) is 2.98. The van der Waals surface area contributed by atoms with Gasteiger partial charge in [0.05, 0.1) is 12.1 Å². The zero-order chi connectivity index (χ0) is 19.3. The summed E-state index contributed by atoms with van der Waals surface area (Å²) in [7, 11) is 0. The van der Waals surface area contributed by atoms with Crippen molar-refractivity contribution in [2.24, 2.45) is 5.92 Å². The Morgan fingerprint density at radius 2 is 1.86 bits per heavy atom. The molecule has 2 aromatic carbocycles. The first kappa shape index (κ1) is 18.4. The molecule has 8 heteroatoms. The lowest BCUT2D eigenvalue weighted by atomic mass is 10.1. The summed E-state index contributed by atoms with van der Waals surface area (Å²) in [5.41, 5.74) is 3.01. The van der Waals surface area contributed by atoms with Crippen molar-refractivity contribution in [2.75, 3.05) is 24.5 Å². The second-order valence-electron chi connectivity index (χ2n) is 6.98. The molecule has 144 valence electrons. The van der Waals surface area contributed by atoms with Gasteiger partial charge in [0.2, 0.25) is 5.91 Å². The summed E-state index contributed by atoms with van der Waals surface area (Å²) in [6, 6.07) is 15.6. The number of halogens is 1. The van der Waals surface area contributed by atoms with Gasteiger partial charge in [-0.05, 0) is 64.7 Å². The van der Waals surface area contributed by atoms with Crippen LogP contribution in [0, 0.1) is 5.92 Å². The van der Waals surface area contributed by atoms with E-state index in [9.17, 15) is 4.79 Å². The summed E-state index contributed by atoms with van der Waals surface area (Å²) in [5.74, 6) is 0.502. The van der Waals surface area contributed by atoms with Crippen molar-refractivity contribution in [1.29, 1.82) is 0 Å². The number of amides is 1. The van der Waals surface area contributed by atoms with E-state index in [0.29, 0.717) is 18.9 Å². The minimum Gasteiger partial charge on any atom is -0.371 e. The molecule has 1 aromatic heterocycles. The molecule has 0 radical (unpaired) electrons. The molecule has 3 aromatic rings. The highest BCUT2D eigenvalue weighted by molar-refractivity contribution is 6.30. The molecular weight excluding hydrogens is 376 g/mol. The average Bonchev–Trinajstić information content (AvgIpc) is 3.40. The van der Waals surface area contributed by atoms with E-state index in [1.807, 2.05) is 48.5 Å². The number of tetrazole rings is 1. The lowest BCUT2D eigenvalue weighted by molar-refractivity contribution is -0.120. The van der Waals surface area contributed by atoms with E-state index >= 15 is 0 Å². The van der Waals surface area contributed by atoms with Crippen molar-refractivity contribution in [3.05, 3.63) is 65.4 Å². The third-order valence-corrected chi connectivity index (χ3v) is 5.23. The van der Waals surface area contributed by atoms with E-state index in [4.69, 9.17) is 11.6 Å². The Balaban J connectivity index is 1.24. The molecule has 1 aliphatic heterocycles. The number of benzene rings is 2. The van der Waals surface area contributed by atoms with Gasteiger partial charge >= 0.3 is 0 Å². The molecule has 0 bridgehead atoms. The Kier molecular flexibility index (Phi) is 5.53. The standard InChI is InChI=1S/C20H21ClN6O/c21-17-3-7-18(8-4-17)26-10-9-16(13-26)12-22-20(28)11-15-1-5-19(6-2-15)27-14-23-24-25-27/h1-8,14,16H,9-13H2,(H,22,28). The maximum atomic E-state index is 12.3. The molecule has 1 unspecified atom stereocenters. The Bertz CT molecular complexity index is 911. The summed E-state index contributed by atoms with van der Waals surface area (Å²) in [4.78, 5) is 14.6. The van der Waals surface area contributed by atoms with E-state index in [1.165, 1.54) is 12.0 Å². The van der Waals surface area contributed by atoms with Crippen molar-refractivity contribution < 1.29 is 4.79 Å².